The lowest BCUT2D eigenvalue weighted by atomic mass is 10.1. The van der Waals surface area contributed by atoms with E-state index in [0.29, 0.717) is 18.0 Å². The van der Waals surface area contributed by atoms with Crippen molar-refractivity contribution in [3.63, 3.8) is 0 Å². The van der Waals surface area contributed by atoms with Gasteiger partial charge in [0.15, 0.2) is 0 Å². The van der Waals surface area contributed by atoms with E-state index in [0.717, 1.165) is 0 Å². The van der Waals surface area contributed by atoms with Gasteiger partial charge in [0.25, 0.3) is 0 Å². The van der Waals surface area contributed by atoms with E-state index in [2.05, 4.69) is 68.2 Å². The smallest absolute Gasteiger partial charge is 0.0884 e. The minimum Gasteiger partial charge on any atom is -0.287 e. The Labute approximate surface area is 92.5 Å². The molecule has 0 aromatic heterocycles. The quantitative estimate of drug-likeness (QED) is 0.682. The zero-order chi connectivity index (χ0) is 11.0. The second kappa shape index (κ2) is 3.76. The summed E-state index contributed by atoms with van der Waals surface area (Å²) in [6, 6.07) is 0.939. The van der Waals surface area contributed by atoms with E-state index in [-0.39, 0.29) is 0 Å². The first-order chi connectivity index (χ1) is 7.11. The van der Waals surface area contributed by atoms with E-state index in [9.17, 15) is 0 Å². The van der Waals surface area contributed by atoms with Crippen LogP contribution < -0.4 is 0 Å². The van der Waals surface area contributed by atoms with E-state index in [1.165, 1.54) is 5.70 Å². The molecule has 0 aromatic carbocycles. The summed E-state index contributed by atoms with van der Waals surface area (Å²) in [5, 5.41) is 4.72. The van der Waals surface area contributed by atoms with Gasteiger partial charge in [0, 0.05) is 17.9 Å². The predicted molar refractivity (Wildman–Crippen MR) is 63.8 cm³/mol. The van der Waals surface area contributed by atoms with E-state index < -0.39 is 0 Å². The monoisotopic (exact) mass is 204 g/mol. The minimum atomic E-state index is 0.426. The molecule has 2 heterocycles. The van der Waals surface area contributed by atoms with E-state index in [1.54, 1.807) is 0 Å². The maximum atomic E-state index is 2.40. The van der Waals surface area contributed by atoms with Gasteiger partial charge in [0.2, 0.25) is 0 Å². The van der Waals surface area contributed by atoms with Crippen LogP contribution in [0, 0.1) is 5.92 Å². The lowest BCUT2D eigenvalue weighted by Gasteiger charge is -2.39. The molecule has 0 radical (unpaired) electrons. The molecule has 15 heavy (non-hydrogen) atoms. The normalized spacial score (nSPS) is 24.1. The minimum absolute atomic E-state index is 0.426. The van der Waals surface area contributed by atoms with Crippen LogP contribution in [0.25, 0.3) is 0 Å². The van der Waals surface area contributed by atoms with Gasteiger partial charge in [0.1, 0.15) is 0 Å². The zero-order valence-electron chi connectivity index (χ0n) is 10.0. The molecule has 0 saturated carbocycles. The highest BCUT2D eigenvalue weighted by atomic mass is 15.7. The number of fused-ring (bicyclic) bond motifs is 1. The fourth-order valence-electron chi connectivity index (χ4n) is 2.26. The molecule has 2 nitrogen and oxygen atoms in total. The number of hydrogen-bond acceptors (Lipinski definition) is 2. The number of nitrogens with zero attached hydrogens (tertiary/aromatic N) is 2. The van der Waals surface area contributed by atoms with Crippen molar-refractivity contribution in [1.29, 1.82) is 0 Å². The summed E-state index contributed by atoms with van der Waals surface area (Å²) in [6.45, 7) is 9.00. The molecule has 1 atom stereocenters. The SMILES string of the molecule is CC(C)C1=CC2C=CC=CN2N1C(C)C. The lowest BCUT2D eigenvalue weighted by molar-refractivity contribution is 0.0329. The molecule has 82 valence electrons. The molecule has 2 aliphatic rings. The van der Waals surface area contributed by atoms with Crippen molar-refractivity contribution >= 4 is 0 Å². The van der Waals surface area contributed by atoms with Gasteiger partial charge in [-0.25, -0.2) is 0 Å². The molecule has 0 N–H and O–H groups in total. The van der Waals surface area contributed by atoms with Gasteiger partial charge >= 0.3 is 0 Å². The van der Waals surface area contributed by atoms with Gasteiger partial charge < -0.3 is 0 Å². The molecule has 2 aliphatic heterocycles. The van der Waals surface area contributed by atoms with Crippen LogP contribution in [0.4, 0.5) is 0 Å². The van der Waals surface area contributed by atoms with Crippen LogP contribution >= 0.6 is 0 Å². The summed E-state index contributed by atoms with van der Waals surface area (Å²) in [4.78, 5) is 0. The summed E-state index contributed by atoms with van der Waals surface area (Å²) >= 11 is 0. The van der Waals surface area contributed by atoms with E-state index in [1.807, 2.05) is 0 Å². The highest BCUT2D eigenvalue weighted by molar-refractivity contribution is 5.26. The molecule has 0 amide bonds. The maximum Gasteiger partial charge on any atom is 0.0884 e. The third-order valence-corrected chi connectivity index (χ3v) is 2.90. The van der Waals surface area contributed by atoms with Gasteiger partial charge in [-0.2, -0.15) is 0 Å². The number of allylic oxidation sites excluding steroid dienone is 3. The van der Waals surface area contributed by atoms with Crippen LogP contribution in [0.2, 0.25) is 0 Å². The Morgan fingerprint density at radius 1 is 1.13 bits per heavy atom. The van der Waals surface area contributed by atoms with Crippen LogP contribution in [-0.2, 0) is 0 Å². The van der Waals surface area contributed by atoms with Crippen LogP contribution in [0.3, 0.4) is 0 Å². The second-order valence-corrected chi connectivity index (χ2v) is 4.78. The van der Waals surface area contributed by atoms with Crippen molar-refractivity contribution in [3.8, 4) is 0 Å². The molecule has 1 unspecified atom stereocenters. The van der Waals surface area contributed by atoms with Gasteiger partial charge in [-0.3, -0.25) is 10.0 Å². The van der Waals surface area contributed by atoms with Crippen LogP contribution in [0.5, 0.6) is 0 Å². The molecular weight excluding hydrogens is 184 g/mol. The largest absolute Gasteiger partial charge is 0.287 e. The average molecular weight is 204 g/mol. The van der Waals surface area contributed by atoms with Crippen molar-refractivity contribution < 1.29 is 0 Å². The molecule has 0 fully saturated rings. The highest BCUT2D eigenvalue weighted by Gasteiger charge is 2.31. The van der Waals surface area contributed by atoms with Crippen molar-refractivity contribution in [2.45, 2.75) is 39.8 Å². The van der Waals surface area contributed by atoms with E-state index >= 15 is 0 Å². The Hall–Kier alpha value is -1.18. The average Bonchev–Trinajstić information content (AvgIpc) is 2.56. The summed E-state index contributed by atoms with van der Waals surface area (Å²) in [7, 11) is 0. The van der Waals surface area contributed by atoms with E-state index in [4.69, 9.17) is 0 Å². The van der Waals surface area contributed by atoms with Gasteiger partial charge in [-0.1, -0.05) is 26.0 Å². The summed E-state index contributed by atoms with van der Waals surface area (Å²) in [5.41, 5.74) is 1.44. The molecule has 0 aliphatic carbocycles. The summed E-state index contributed by atoms with van der Waals surface area (Å²) in [5.74, 6) is 0.583. The third kappa shape index (κ3) is 1.69. The number of hydrogen-bond donors (Lipinski definition) is 0. The predicted octanol–water partition coefficient (Wildman–Crippen LogP) is 2.92. The Morgan fingerprint density at radius 3 is 2.47 bits per heavy atom. The molecular formula is C13H20N2. The highest BCUT2D eigenvalue weighted by Crippen LogP contribution is 2.31. The second-order valence-electron chi connectivity index (χ2n) is 4.78. The molecule has 0 saturated heterocycles. The number of rotatable bonds is 2. The van der Waals surface area contributed by atoms with Gasteiger partial charge in [-0.05, 0) is 31.9 Å². The van der Waals surface area contributed by atoms with Gasteiger partial charge in [-0.15, -0.1) is 0 Å². The Bertz CT molecular complexity index is 323. The summed E-state index contributed by atoms with van der Waals surface area (Å²) < 4.78 is 0. The topological polar surface area (TPSA) is 6.48 Å². The molecule has 0 spiro atoms. The van der Waals surface area contributed by atoms with Crippen molar-refractivity contribution in [2.24, 2.45) is 5.92 Å². The van der Waals surface area contributed by atoms with Crippen LogP contribution in [0.15, 0.2) is 36.2 Å². The molecule has 0 bridgehead atoms. The zero-order valence-corrected chi connectivity index (χ0v) is 10.0. The summed E-state index contributed by atoms with van der Waals surface area (Å²) in [6.07, 6.45) is 11.0. The third-order valence-electron chi connectivity index (χ3n) is 2.90. The number of hydrazine groups is 1. The van der Waals surface area contributed by atoms with Crippen molar-refractivity contribution in [1.82, 2.24) is 10.0 Å². The molecule has 2 rings (SSSR count). The Kier molecular flexibility index (Phi) is 2.59. The van der Waals surface area contributed by atoms with Crippen LogP contribution in [-0.4, -0.2) is 22.1 Å². The van der Waals surface area contributed by atoms with Crippen molar-refractivity contribution in [3.05, 3.63) is 36.2 Å². The fourth-order valence-corrected chi connectivity index (χ4v) is 2.26. The first kappa shape index (κ1) is 10.3. The molecule has 2 heteroatoms. The van der Waals surface area contributed by atoms with Crippen molar-refractivity contribution in [2.75, 3.05) is 0 Å². The maximum absolute atomic E-state index is 2.40. The van der Waals surface area contributed by atoms with Crippen LogP contribution in [0.1, 0.15) is 27.7 Å². The molecule has 0 aromatic rings. The standard InChI is InChI=1S/C13H20N2/c1-10(2)13-9-12-7-5-6-8-14(12)15(13)11(3)4/h5-12H,1-4H3. The lowest BCUT2D eigenvalue weighted by Crippen LogP contribution is -2.43. The first-order valence-electron chi connectivity index (χ1n) is 5.75. The Balaban J connectivity index is 2.31. The Morgan fingerprint density at radius 2 is 1.87 bits per heavy atom. The van der Waals surface area contributed by atoms with Gasteiger partial charge in [0.05, 0.1) is 6.04 Å². The fraction of sp³-hybridized carbons (Fsp3) is 0.538. The first-order valence-corrected chi connectivity index (χ1v) is 5.75.